The monoisotopic (exact) mass is 404 g/mol. The molecular formula is C21H28N2O4S. The summed E-state index contributed by atoms with van der Waals surface area (Å²) in [5.74, 6) is 0.576. The van der Waals surface area contributed by atoms with E-state index in [-0.39, 0.29) is 10.8 Å². The van der Waals surface area contributed by atoms with E-state index in [1.54, 1.807) is 31.2 Å². The zero-order valence-corrected chi connectivity index (χ0v) is 17.5. The van der Waals surface area contributed by atoms with E-state index in [2.05, 4.69) is 10.0 Å². The Morgan fingerprint density at radius 2 is 1.61 bits per heavy atom. The van der Waals surface area contributed by atoms with Crippen LogP contribution in [0.4, 0.5) is 5.69 Å². The average molecular weight is 405 g/mol. The minimum Gasteiger partial charge on any atom is -0.481 e. The van der Waals surface area contributed by atoms with E-state index in [4.69, 9.17) is 4.74 Å². The fourth-order valence-corrected chi connectivity index (χ4v) is 3.48. The van der Waals surface area contributed by atoms with Crippen molar-refractivity contribution in [3.63, 3.8) is 0 Å². The summed E-state index contributed by atoms with van der Waals surface area (Å²) in [7, 11) is -3.70. The summed E-state index contributed by atoms with van der Waals surface area (Å²) in [5.41, 5.74) is 1.64. The van der Waals surface area contributed by atoms with Crippen molar-refractivity contribution in [1.82, 2.24) is 5.32 Å². The van der Waals surface area contributed by atoms with Gasteiger partial charge in [0.1, 0.15) is 5.75 Å². The molecule has 0 saturated carbocycles. The molecule has 0 fully saturated rings. The van der Waals surface area contributed by atoms with Gasteiger partial charge in [0.25, 0.3) is 15.9 Å². The second kappa shape index (κ2) is 9.59. The van der Waals surface area contributed by atoms with Gasteiger partial charge in [0.2, 0.25) is 0 Å². The molecule has 2 aromatic rings. The first-order valence-corrected chi connectivity index (χ1v) is 10.9. The van der Waals surface area contributed by atoms with Gasteiger partial charge >= 0.3 is 0 Å². The number of hydrogen-bond acceptors (Lipinski definition) is 4. The molecule has 152 valence electrons. The number of ether oxygens (including phenoxy) is 1. The topological polar surface area (TPSA) is 84.5 Å². The molecule has 1 atom stereocenters. The Labute approximate surface area is 167 Å². The maximum atomic E-state index is 12.5. The van der Waals surface area contributed by atoms with Crippen molar-refractivity contribution in [1.29, 1.82) is 0 Å². The Balaban J connectivity index is 2.00. The highest BCUT2D eigenvalue weighted by atomic mass is 32.2. The van der Waals surface area contributed by atoms with Crippen LogP contribution in [0.5, 0.6) is 5.75 Å². The maximum Gasteiger partial charge on any atom is 0.261 e. The van der Waals surface area contributed by atoms with E-state index >= 15 is 0 Å². The molecule has 0 unspecified atom stereocenters. The lowest BCUT2D eigenvalue weighted by molar-refractivity contribution is -0.127. The van der Waals surface area contributed by atoms with E-state index in [9.17, 15) is 13.2 Å². The highest BCUT2D eigenvalue weighted by Gasteiger charge is 2.17. The minimum absolute atomic E-state index is 0.122. The Bertz CT molecular complexity index is 876. The molecule has 1 amide bonds. The normalized spacial score (nSPS) is 12.5. The Morgan fingerprint density at radius 1 is 1.00 bits per heavy atom. The molecule has 2 N–H and O–H groups in total. The standard InChI is InChI=1S/C21H28N2O4S/c1-5-17-6-8-18(9-7-17)23-28(25,26)20-12-10-19(11-13-20)27-16(4)21(24)22-14-15(2)3/h6-13,15-16,23H,5,14H2,1-4H3,(H,22,24)/t16-/m1/s1. The van der Waals surface area contributed by atoms with Gasteiger partial charge in [-0.2, -0.15) is 0 Å². The first-order valence-electron chi connectivity index (χ1n) is 9.37. The van der Waals surface area contributed by atoms with Gasteiger partial charge in [-0.3, -0.25) is 9.52 Å². The van der Waals surface area contributed by atoms with Crippen molar-refractivity contribution in [3.8, 4) is 5.75 Å². The molecule has 0 radical (unpaired) electrons. The van der Waals surface area contributed by atoms with Gasteiger partial charge in [0, 0.05) is 12.2 Å². The number of benzene rings is 2. The Hall–Kier alpha value is -2.54. The van der Waals surface area contributed by atoms with E-state index in [1.165, 1.54) is 12.1 Å². The van der Waals surface area contributed by atoms with Gasteiger partial charge in [-0.25, -0.2) is 8.42 Å². The van der Waals surface area contributed by atoms with Crippen molar-refractivity contribution < 1.29 is 17.9 Å². The zero-order chi connectivity index (χ0) is 20.7. The van der Waals surface area contributed by atoms with Gasteiger partial charge in [-0.05, 0) is 61.2 Å². The largest absolute Gasteiger partial charge is 0.481 e. The van der Waals surface area contributed by atoms with Crippen LogP contribution in [0.25, 0.3) is 0 Å². The van der Waals surface area contributed by atoms with Gasteiger partial charge in [-0.1, -0.05) is 32.9 Å². The van der Waals surface area contributed by atoms with E-state index in [1.807, 2.05) is 32.9 Å². The van der Waals surface area contributed by atoms with Crippen LogP contribution in [0.15, 0.2) is 53.4 Å². The van der Waals surface area contributed by atoms with Crippen molar-refractivity contribution in [2.24, 2.45) is 5.92 Å². The lowest BCUT2D eigenvalue weighted by atomic mass is 10.2. The summed E-state index contributed by atoms with van der Waals surface area (Å²) in [4.78, 5) is 12.1. The molecular weight excluding hydrogens is 376 g/mol. The molecule has 2 rings (SSSR count). The lowest BCUT2D eigenvalue weighted by Crippen LogP contribution is -2.38. The molecule has 0 spiro atoms. The van der Waals surface area contributed by atoms with E-state index in [0.29, 0.717) is 23.9 Å². The van der Waals surface area contributed by atoms with Gasteiger partial charge in [-0.15, -0.1) is 0 Å². The fourth-order valence-electron chi connectivity index (χ4n) is 2.43. The minimum atomic E-state index is -3.70. The molecule has 0 aliphatic rings. The molecule has 0 saturated heterocycles. The molecule has 2 aromatic carbocycles. The lowest BCUT2D eigenvalue weighted by Gasteiger charge is -2.16. The van der Waals surface area contributed by atoms with Crippen molar-refractivity contribution in [2.75, 3.05) is 11.3 Å². The maximum absolute atomic E-state index is 12.5. The SMILES string of the molecule is CCc1ccc(NS(=O)(=O)c2ccc(O[C@H](C)C(=O)NCC(C)C)cc2)cc1. The Morgan fingerprint density at radius 3 is 2.14 bits per heavy atom. The highest BCUT2D eigenvalue weighted by molar-refractivity contribution is 7.92. The number of anilines is 1. The molecule has 0 aliphatic heterocycles. The number of nitrogens with one attached hydrogen (secondary N) is 2. The third-order valence-electron chi connectivity index (χ3n) is 4.12. The third kappa shape index (κ3) is 6.27. The highest BCUT2D eigenvalue weighted by Crippen LogP contribution is 2.20. The molecule has 0 aromatic heterocycles. The number of amides is 1. The molecule has 28 heavy (non-hydrogen) atoms. The number of hydrogen-bond donors (Lipinski definition) is 2. The number of rotatable bonds is 9. The van der Waals surface area contributed by atoms with Crippen LogP contribution in [0, 0.1) is 5.92 Å². The predicted octanol–water partition coefficient (Wildman–Crippen LogP) is 3.59. The molecule has 6 nitrogen and oxygen atoms in total. The average Bonchev–Trinajstić information content (AvgIpc) is 2.66. The third-order valence-corrected chi connectivity index (χ3v) is 5.51. The van der Waals surface area contributed by atoms with Crippen LogP contribution >= 0.6 is 0 Å². The number of aryl methyl sites for hydroxylation is 1. The summed E-state index contributed by atoms with van der Waals surface area (Å²) in [5, 5.41) is 2.80. The first kappa shape index (κ1) is 21.8. The van der Waals surface area contributed by atoms with Gasteiger partial charge in [0.05, 0.1) is 4.90 Å². The quantitative estimate of drug-likeness (QED) is 0.669. The van der Waals surface area contributed by atoms with Crippen LogP contribution in [-0.4, -0.2) is 27.0 Å². The van der Waals surface area contributed by atoms with E-state index < -0.39 is 16.1 Å². The van der Waals surface area contributed by atoms with Crippen LogP contribution in [0.1, 0.15) is 33.3 Å². The van der Waals surface area contributed by atoms with Crippen LogP contribution in [0.2, 0.25) is 0 Å². The molecule has 7 heteroatoms. The summed E-state index contributed by atoms with van der Waals surface area (Å²) < 4.78 is 33.2. The molecule has 0 heterocycles. The summed E-state index contributed by atoms with van der Waals surface area (Å²) in [6.45, 7) is 8.29. The second-order valence-corrected chi connectivity index (χ2v) is 8.71. The molecule has 0 bridgehead atoms. The van der Waals surface area contributed by atoms with Crippen LogP contribution in [0.3, 0.4) is 0 Å². The summed E-state index contributed by atoms with van der Waals surface area (Å²) in [6, 6.07) is 13.3. The van der Waals surface area contributed by atoms with Crippen molar-refractivity contribution in [3.05, 3.63) is 54.1 Å². The van der Waals surface area contributed by atoms with Crippen molar-refractivity contribution in [2.45, 2.75) is 45.1 Å². The first-order chi connectivity index (χ1) is 13.2. The van der Waals surface area contributed by atoms with E-state index in [0.717, 1.165) is 12.0 Å². The summed E-state index contributed by atoms with van der Waals surface area (Å²) >= 11 is 0. The second-order valence-electron chi connectivity index (χ2n) is 7.03. The zero-order valence-electron chi connectivity index (χ0n) is 16.7. The van der Waals surface area contributed by atoms with Gasteiger partial charge in [0.15, 0.2) is 6.10 Å². The Kier molecular flexibility index (Phi) is 7.45. The van der Waals surface area contributed by atoms with Crippen LogP contribution < -0.4 is 14.8 Å². The summed E-state index contributed by atoms with van der Waals surface area (Å²) in [6.07, 6.45) is 0.221. The van der Waals surface area contributed by atoms with Crippen LogP contribution in [-0.2, 0) is 21.2 Å². The van der Waals surface area contributed by atoms with Gasteiger partial charge < -0.3 is 10.1 Å². The fraction of sp³-hybridized carbons (Fsp3) is 0.381. The smallest absolute Gasteiger partial charge is 0.261 e. The molecule has 0 aliphatic carbocycles. The number of carbonyl (C=O) groups is 1. The predicted molar refractivity (Wildman–Crippen MR) is 111 cm³/mol. The van der Waals surface area contributed by atoms with Crippen molar-refractivity contribution >= 4 is 21.6 Å². The number of sulfonamides is 1. The number of carbonyl (C=O) groups excluding carboxylic acids is 1.